The fourth-order valence-electron chi connectivity index (χ4n) is 7.17. The van der Waals surface area contributed by atoms with Crippen molar-refractivity contribution in [3.8, 4) is 0 Å². The maximum atomic E-state index is 11.6. The number of carbonyl (C=O) groups is 1. The molecule has 0 aromatic heterocycles. The Labute approximate surface area is 228 Å². The molecule has 6 atom stereocenters. The average Bonchev–Trinajstić information content (AvgIpc) is 3.18. The van der Waals surface area contributed by atoms with Gasteiger partial charge in [0.15, 0.2) is 14.4 Å². The highest BCUT2D eigenvalue weighted by Gasteiger charge is 2.50. The number of aliphatic hydroxyl groups is 1. The minimum absolute atomic E-state index is 0.230. The van der Waals surface area contributed by atoms with Crippen molar-refractivity contribution in [1.29, 1.82) is 0 Å². The Morgan fingerprint density at radius 3 is 2.54 bits per heavy atom. The van der Waals surface area contributed by atoms with Crippen LogP contribution in [0.1, 0.15) is 98.8 Å². The molecule has 3 aliphatic carbocycles. The van der Waals surface area contributed by atoms with Gasteiger partial charge in [0.2, 0.25) is 0 Å². The molecule has 0 amide bonds. The van der Waals surface area contributed by atoms with E-state index in [0.717, 1.165) is 25.7 Å². The standard InChI is InChI=1S/C32H54O4Si/c1-22-12-16-26(36-37(8,9)31(3,4)5)21-25(22)15-14-24-11-10-20-32(6)27(17-18-28(24)32)23(2)13-19-29(33)30(34)35-7/h14-15,23,26-29,33H,1,10-13,16-21H2,2-9H3/b24-14+,25-15-/t23-,26+,27-,28+,29-,32-/m1/s1. The number of hydrogen-bond donors (Lipinski definition) is 1. The summed E-state index contributed by atoms with van der Waals surface area (Å²) in [6.45, 7) is 20.9. The summed E-state index contributed by atoms with van der Waals surface area (Å²) >= 11 is 0. The lowest BCUT2D eigenvalue weighted by Gasteiger charge is -2.44. The molecule has 0 saturated heterocycles. The molecule has 210 valence electrons. The summed E-state index contributed by atoms with van der Waals surface area (Å²) in [5, 5.41) is 10.3. The second-order valence-corrected chi connectivity index (χ2v) is 18.7. The van der Waals surface area contributed by atoms with Crippen LogP contribution in [0.4, 0.5) is 0 Å². The molecule has 0 spiro atoms. The van der Waals surface area contributed by atoms with Crippen molar-refractivity contribution >= 4 is 14.3 Å². The zero-order valence-electron chi connectivity index (χ0n) is 25.0. The van der Waals surface area contributed by atoms with E-state index in [2.05, 4.69) is 66.4 Å². The van der Waals surface area contributed by atoms with Crippen LogP contribution in [-0.4, -0.2) is 38.7 Å². The Morgan fingerprint density at radius 1 is 1.19 bits per heavy atom. The molecule has 4 nitrogen and oxygen atoms in total. The number of fused-ring (bicyclic) bond motifs is 1. The first-order chi connectivity index (χ1) is 17.2. The lowest BCUT2D eigenvalue weighted by molar-refractivity contribution is -0.150. The smallest absolute Gasteiger partial charge is 0.334 e. The van der Waals surface area contributed by atoms with Crippen molar-refractivity contribution in [1.82, 2.24) is 0 Å². The molecule has 3 fully saturated rings. The van der Waals surface area contributed by atoms with Crippen LogP contribution in [0.5, 0.6) is 0 Å². The summed E-state index contributed by atoms with van der Waals surface area (Å²) in [7, 11) is -0.441. The van der Waals surface area contributed by atoms with Gasteiger partial charge >= 0.3 is 5.97 Å². The fourth-order valence-corrected chi connectivity index (χ4v) is 8.55. The van der Waals surface area contributed by atoms with E-state index in [1.165, 1.54) is 50.4 Å². The van der Waals surface area contributed by atoms with Gasteiger partial charge in [0.1, 0.15) is 0 Å². The maximum absolute atomic E-state index is 11.6. The number of hydrogen-bond acceptors (Lipinski definition) is 4. The van der Waals surface area contributed by atoms with Crippen molar-refractivity contribution in [3.05, 3.63) is 35.5 Å². The molecule has 37 heavy (non-hydrogen) atoms. The Balaban J connectivity index is 1.69. The first-order valence-electron chi connectivity index (χ1n) is 14.7. The van der Waals surface area contributed by atoms with Gasteiger partial charge in [0.25, 0.3) is 0 Å². The van der Waals surface area contributed by atoms with Crippen molar-refractivity contribution in [2.45, 2.75) is 129 Å². The lowest BCUT2D eigenvalue weighted by Crippen LogP contribution is -2.44. The molecule has 0 heterocycles. The molecule has 0 bridgehead atoms. The van der Waals surface area contributed by atoms with Gasteiger partial charge < -0.3 is 14.3 Å². The van der Waals surface area contributed by atoms with Gasteiger partial charge in [-0.2, -0.15) is 0 Å². The molecule has 0 aromatic carbocycles. The molecular formula is C32H54O4Si. The zero-order chi connectivity index (χ0) is 27.6. The highest BCUT2D eigenvalue weighted by molar-refractivity contribution is 6.74. The highest BCUT2D eigenvalue weighted by atomic mass is 28.4. The Kier molecular flexibility index (Phi) is 9.78. The van der Waals surface area contributed by atoms with Crippen molar-refractivity contribution in [2.75, 3.05) is 7.11 Å². The van der Waals surface area contributed by atoms with Gasteiger partial charge in [-0.3, -0.25) is 0 Å². The summed E-state index contributed by atoms with van der Waals surface area (Å²) in [6, 6.07) is 0. The number of carbonyl (C=O) groups excluding carboxylic acids is 1. The number of esters is 1. The van der Waals surface area contributed by atoms with Crippen LogP contribution in [0.25, 0.3) is 0 Å². The van der Waals surface area contributed by atoms with Crippen LogP contribution in [-0.2, 0) is 14.0 Å². The number of aliphatic hydroxyl groups excluding tert-OH is 1. The monoisotopic (exact) mass is 530 g/mol. The van der Waals surface area contributed by atoms with Crippen molar-refractivity contribution in [3.63, 3.8) is 0 Å². The third kappa shape index (κ3) is 6.89. The predicted octanol–water partition coefficient (Wildman–Crippen LogP) is 8.14. The van der Waals surface area contributed by atoms with Crippen LogP contribution in [0.3, 0.4) is 0 Å². The number of allylic oxidation sites excluding steroid dienone is 4. The molecule has 5 heteroatoms. The minimum atomic E-state index is -1.78. The van der Waals surface area contributed by atoms with Gasteiger partial charge in [-0.15, -0.1) is 0 Å². The predicted molar refractivity (Wildman–Crippen MR) is 156 cm³/mol. The second kappa shape index (κ2) is 11.9. The zero-order valence-corrected chi connectivity index (χ0v) is 26.0. The third-order valence-electron chi connectivity index (χ3n) is 10.5. The first kappa shape index (κ1) is 30.4. The number of ether oxygens (including phenoxy) is 1. The van der Waals surface area contributed by atoms with Gasteiger partial charge in [0, 0.05) is 6.10 Å². The van der Waals surface area contributed by atoms with Crippen LogP contribution in [0.15, 0.2) is 35.5 Å². The number of rotatable bonds is 8. The molecule has 3 saturated carbocycles. The van der Waals surface area contributed by atoms with Gasteiger partial charge in [-0.25, -0.2) is 4.79 Å². The van der Waals surface area contributed by atoms with Gasteiger partial charge in [-0.05, 0) is 111 Å². The summed E-state index contributed by atoms with van der Waals surface area (Å²) in [4.78, 5) is 11.6. The minimum Gasteiger partial charge on any atom is -0.467 e. The third-order valence-corrected chi connectivity index (χ3v) is 15.1. The topological polar surface area (TPSA) is 55.8 Å². The molecule has 0 radical (unpaired) electrons. The summed E-state index contributed by atoms with van der Waals surface area (Å²) < 4.78 is 11.5. The molecule has 0 aliphatic heterocycles. The Hall–Kier alpha value is -1.17. The van der Waals surface area contributed by atoms with Gasteiger partial charge in [-0.1, -0.05) is 64.5 Å². The molecule has 1 N–H and O–H groups in total. The molecule has 0 aromatic rings. The van der Waals surface area contributed by atoms with E-state index in [-0.39, 0.29) is 5.04 Å². The highest BCUT2D eigenvalue weighted by Crippen LogP contribution is 2.60. The Bertz CT molecular complexity index is 895. The van der Waals surface area contributed by atoms with E-state index >= 15 is 0 Å². The van der Waals surface area contributed by atoms with Crippen LogP contribution in [0, 0.1) is 23.2 Å². The van der Waals surface area contributed by atoms with E-state index in [0.29, 0.717) is 35.7 Å². The SMILES string of the molecule is C=C1CC[C@H](O[Si](C)(C)C(C)(C)C)C/C1=C/C=C1\CCC[C@]2(C)[C@@H]([C@H](C)CC[C@@H](O)C(=O)OC)CC[C@@H]12. The summed E-state index contributed by atoms with van der Waals surface area (Å²) in [5.41, 5.74) is 4.59. The Morgan fingerprint density at radius 2 is 1.89 bits per heavy atom. The van der Waals surface area contributed by atoms with E-state index in [1.54, 1.807) is 5.57 Å². The van der Waals surface area contributed by atoms with Gasteiger partial charge in [0.05, 0.1) is 7.11 Å². The summed E-state index contributed by atoms with van der Waals surface area (Å²) in [6.07, 6.45) is 14.8. The maximum Gasteiger partial charge on any atom is 0.334 e. The second-order valence-electron chi connectivity index (χ2n) is 14.0. The molecular weight excluding hydrogens is 476 g/mol. The van der Waals surface area contributed by atoms with Crippen molar-refractivity contribution < 1.29 is 19.1 Å². The van der Waals surface area contributed by atoms with E-state index < -0.39 is 20.4 Å². The average molecular weight is 531 g/mol. The molecule has 3 rings (SSSR count). The number of methoxy groups -OCH3 is 1. The van der Waals surface area contributed by atoms with Crippen molar-refractivity contribution in [2.24, 2.45) is 23.2 Å². The van der Waals surface area contributed by atoms with E-state index in [1.807, 2.05) is 0 Å². The normalized spacial score (nSPS) is 32.9. The van der Waals surface area contributed by atoms with E-state index in [4.69, 9.17) is 9.16 Å². The first-order valence-corrected chi connectivity index (χ1v) is 17.6. The van der Waals surface area contributed by atoms with Crippen LogP contribution in [0.2, 0.25) is 18.1 Å². The van der Waals surface area contributed by atoms with E-state index in [9.17, 15) is 9.90 Å². The summed E-state index contributed by atoms with van der Waals surface area (Å²) in [5.74, 6) is 1.23. The van der Waals surface area contributed by atoms with Crippen LogP contribution >= 0.6 is 0 Å². The fraction of sp³-hybridized carbons (Fsp3) is 0.781. The van der Waals surface area contributed by atoms with Crippen LogP contribution < -0.4 is 0 Å². The quantitative estimate of drug-likeness (QED) is 0.254. The molecule has 0 unspecified atom stereocenters. The lowest BCUT2D eigenvalue weighted by atomic mass is 9.60. The largest absolute Gasteiger partial charge is 0.467 e. The molecule has 3 aliphatic rings.